The van der Waals surface area contributed by atoms with Gasteiger partial charge in [0.05, 0.1) is 22.6 Å². The molecule has 0 bridgehead atoms. The number of para-hydroxylation sites is 2. The topological polar surface area (TPSA) is 96.5 Å². The lowest BCUT2D eigenvalue weighted by atomic mass is 10.2. The summed E-state index contributed by atoms with van der Waals surface area (Å²) in [6.07, 6.45) is 6.38. The van der Waals surface area contributed by atoms with Crippen LogP contribution in [0.3, 0.4) is 0 Å². The molecular weight excluding hydrogens is 328 g/mol. The van der Waals surface area contributed by atoms with Gasteiger partial charge in [0.2, 0.25) is 0 Å². The first-order valence-corrected chi connectivity index (χ1v) is 8.18. The predicted octanol–water partition coefficient (Wildman–Crippen LogP) is 2.91. The molecule has 7 heteroatoms. The summed E-state index contributed by atoms with van der Waals surface area (Å²) in [4.78, 5) is 32.7. The summed E-state index contributed by atoms with van der Waals surface area (Å²) in [6, 6.07) is 11.1. The highest BCUT2D eigenvalue weighted by molar-refractivity contribution is 5.94. The van der Waals surface area contributed by atoms with Crippen molar-refractivity contribution < 1.29 is 4.79 Å². The number of hydrogen-bond acceptors (Lipinski definition) is 5. The van der Waals surface area contributed by atoms with E-state index < -0.39 is 0 Å². The van der Waals surface area contributed by atoms with Gasteiger partial charge in [-0.2, -0.15) is 0 Å². The van der Waals surface area contributed by atoms with Gasteiger partial charge in [-0.3, -0.25) is 9.78 Å². The maximum atomic E-state index is 12.4. The van der Waals surface area contributed by atoms with E-state index in [4.69, 9.17) is 0 Å². The first kappa shape index (κ1) is 15.9. The number of imidazole rings is 1. The van der Waals surface area contributed by atoms with Gasteiger partial charge in [0.25, 0.3) is 5.91 Å². The molecular formula is C19H16N6O. The van der Waals surface area contributed by atoms with E-state index in [-0.39, 0.29) is 11.9 Å². The van der Waals surface area contributed by atoms with Crippen LogP contribution >= 0.6 is 0 Å². The fourth-order valence-corrected chi connectivity index (χ4v) is 2.62. The number of amides is 1. The second-order valence-corrected chi connectivity index (χ2v) is 5.87. The molecule has 1 amide bonds. The molecule has 1 aromatic carbocycles. The van der Waals surface area contributed by atoms with E-state index in [0.29, 0.717) is 17.2 Å². The van der Waals surface area contributed by atoms with Crippen molar-refractivity contribution in [3.63, 3.8) is 0 Å². The first-order valence-electron chi connectivity index (χ1n) is 8.18. The summed E-state index contributed by atoms with van der Waals surface area (Å²) in [5.74, 6) is 1.00. The maximum absolute atomic E-state index is 12.4. The van der Waals surface area contributed by atoms with Crippen molar-refractivity contribution in [2.45, 2.75) is 13.0 Å². The molecule has 0 saturated heterocycles. The van der Waals surface area contributed by atoms with Crippen LogP contribution in [-0.2, 0) is 0 Å². The molecule has 4 aromatic rings. The summed E-state index contributed by atoms with van der Waals surface area (Å²) in [7, 11) is 0. The van der Waals surface area contributed by atoms with Crippen LogP contribution in [0.1, 0.15) is 29.1 Å². The Morgan fingerprint density at radius 3 is 2.54 bits per heavy atom. The largest absolute Gasteiger partial charge is 0.342 e. The van der Waals surface area contributed by atoms with Crippen LogP contribution in [0.25, 0.3) is 22.4 Å². The van der Waals surface area contributed by atoms with Crippen molar-refractivity contribution in [3.8, 4) is 11.4 Å². The number of nitrogens with one attached hydrogen (secondary N) is 2. The smallest absolute Gasteiger partial charge is 0.254 e. The number of carbonyl (C=O) groups is 1. The minimum Gasteiger partial charge on any atom is -0.342 e. The normalized spacial score (nSPS) is 12.0. The molecule has 0 aliphatic heterocycles. The van der Waals surface area contributed by atoms with Gasteiger partial charge in [-0.1, -0.05) is 12.1 Å². The molecule has 26 heavy (non-hydrogen) atoms. The molecule has 0 aliphatic carbocycles. The molecule has 128 valence electrons. The third-order valence-electron chi connectivity index (χ3n) is 4.02. The van der Waals surface area contributed by atoms with Crippen molar-refractivity contribution >= 4 is 16.9 Å². The summed E-state index contributed by atoms with van der Waals surface area (Å²) in [6.45, 7) is 1.88. The number of carbonyl (C=O) groups excluding carboxylic acids is 1. The molecule has 0 aliphatic rings. The van der Waals surface area contributed by atoms with E-state index in [9.17, 15) is 4.79 Å². The molecule has 1 atom stereocenters. The van der Waals surface area contributed by atoms with Crippen molar-refractivity contribution in [2.24, 2.45) is 0 Å². The van der Waals surface area contributed by atoms with Gasteiger partial charge >= 0.3 is 0 Å². The zero-order chi connectivity index (χ0) is 17.9. The Morgan fingerprint density at radius 2 is 1.81 bits per heavy atom. The fraction of sp³-hybridized carbons (Fsp3) is 0.105. The van der Waals surface area contributed by atoms with Crippen LogP contribution in [0.2, 0.25) is 0 Å². The first-order chi connectivity index (χ1) is 12.7. The number of benzene rings is 1. The van der Waals surface area contributed by atoms with Crippen LogP contribution in [-0.4, -0.2) is 30.8 Å². The molecule has 2 N–H and O–H groups in total. The monoisotopic (exact) mass is 344 g/mol. The lowest BCUT2D eigenvalue weighted by molar-refractivity contribution is 0.0937. The van der Waals surface area contributed by atoms with Crippen LogP contribution in [0, 0.1) is 0 Å². The van der Waals surface area contributed by atoms with Crippen LogP contribution in [0.15, 0.2) is 61.2 Å². The molecule has 4 rings (SSSR count). The summed E-state index contributed by atoms with van der Waals surface area (Å²) in [5.41, 5.74) is 3.05. The van der Waals surface area contributed by atoms with Gasteiger partial charge in [0, 0.05) is 30.4 Å². The quantitative estimate of drug-likeness (QED) is 0.593. The predicted molar refractivity (Wildman–Crippen MR) is 97.2 cm³/mol. The van der Waals surface area contributed by atoms with Crippen molar-refractivity contribution in [2.75, 3.05) is 0 Å². The van der Waals surface area contributed by atoms with Gasteiger partial charge < -0.3 is 10.3 Å². The molecule has 3 heterocycles. The van der Waals surface area contributed by atoms with Crippen LogP contribution in [0.5, 0.6) is 0 Å². The number of H-pyrrole nitrogens is 1. The van der Waals surface area contributed by atoms with Crippen LogP contribution in [0.4, 0.5) is 0 Å². The molecule has 3 aromatic heterocycles. The van der Waals surface area contributed by atoms with Crippen molar-refractivity contribution in [1.29, 1.82) is 0 Å². The van der Waals surface area contributed by atoms with E-state index in [1.54, 1.807) is 12.4 Å². The Morgan fingerprint density at radius 1 is 1.08 bits per heavy atom. The van der Waals surface area contributed by atoms with Crippen LogP contribution < -0.4 is 5.32 Å². The van der Waals surface area contributed by atoms with Gasteiger partial charge in [0.1, 0.15) is 5.82 Å². The lowest BCUT2D eigenvalue weighted by Crippen LogP contribution is -2.27. The number of aromatic amines is 1. The highest BCUT2D eigenvalue weighted by Crippen LogP contribution is 2.16. The third-order valence-corrected chi connectivity index (χ3v) is 4.02. The average Bonchev–Trinajstić information content (AvgIpc) is 3.13. The number of pyridine rings is 1. The Labute approximate surface area is 149 Å². The Bertz CT molecular complexity index is 1010. The number of aromatic nitrogens is 5. The summed E-state index contributed by atoms with van der Waals surface area (Å²) in [5, 5.41) is 2.91. The standard InChI is InChI=1S/C19H16N6O/c1-12(17-24-15-4-2-3-5-16(15)25-17)23-19(26)14-10-21-18(22-11-14)13-6-8-20-9-7-13/h2-12H,1H3,(H,23,26)(H,24,25)/t12-/m1/s1. The van der Waals surface area contributed by atoms with E-state index in [2.05, 4.69) is 30.2 Å². The number of rotatable bonds is 4. The molecule has 0 saturated carbocycles. The Balaban J connectivity index is 1.49. The van der Waals surface area contributed by atoms with E-state index >= 15 is 0 Å². The molecule has 0 fully saturated rings. The second-order valence-electron chi connectivity index (χ2n) is 5.87. The van der Waals surface area contributed by atoms with E-state index in [1.165, 1.54) is 12.4 Å². The fourth-order valence-electron chi connectivity index (χ4n) is 2.62. The highest BCUT2D eigenvalue weighted by Gasteiger charge is 2.15. The zero-order valence-corrected chi connectivity index (χ0v) is 14.0. The Kier molecular flexibility index (Phi) is 4.10. The zero-order valence-electron chi connectivity index (χ0n) is 14.0. The lowest BCUT2D eigenvalue weighted by Gasteiger charge is -2.11. The highest BCUT2D eigenvalue weighted by atomic mass is 16.1. The van der Waals surface area contributed by atoms with Crippen molar-refractivity contribution in [3.05, 3.63) is 72.6 Å². The molecule has 0 radical (unpaired) electrons. The number of fused-ring (bicyclic) bond motifs is 1. The molecule has 0 unspecified atom stereocenters. The maximum Gasteiger partial charge on any atom is 0.254 e. The minimum atomic E-state index is -0.269. The number of nitrogens with zero attached hydrogens (tertiary/aromatic N) is 4. The molecule has 7 nitrogen and oxygen atoms in total. The molecule has 0 spiro atoms. The van der Waals surface area contributed by atoms with Gasteiger partial charge in [0.15, 0.2) is 5.82 Å². The average molecular weight is 344 g/mol. The van der Waals surface area contributed by atoms with Gasteiger partial charge in [-0.05, 0) is 31.2 Å². The third kappa shape index (κ3) is 3.14. The SMILES string of the molecule is C[C@@H](NC(=O)c1cnc(-c2ccncc2)nc1)c1nc2ccccc2[nH]1. The van der Waals surface area contributed by atoms with Gasteiger partial charge in [-0.15, -0.1) is 0 Å². The van der Waals surface area contributed by atoms with E-state index in [0.717, 1.165) is 16.6 Å². The number of hydrogen-bond donors (Lipinski definition) is 2. The summed E-state index contributed by atoms with van der Waals surface area (Å²) < 4.78 is 0. The Hall–Kier alpha value is -3.61. The van der Waals surface area contributed by atoms with Gasteiger partial charge in [-0.25, -0.2) is 15.0 Å². The van der Waals surface area contributed by atoms with E-state index in [1.807, 2.05) is 43.3 Å². The second kappa shape index (κ2) is 6.72. The minimum absolute atomic E-state index is 0.251. The van der Waals surface area contributed by atoms with Crippen molar-refractivity contribution in [1.82, 2.24) is 30.2 Å². The summed E-state index contributed by atoms with van der Waals surface area (Å²) >= 11 is 0.